The number of aryl methyl sites for hydroxylation is 1. The molecule has 0 heterocycles. The van der Waals surface area contributed by atoms with E-state index in [1.807, 2.05) is 43.3 Å². The van der Waals surface area contributed by atoms with E-state index < -0.39 is 6.10 Å². The van der Waals surface area contributed by atoms with E-state index in [0.29, 0.717) is 12.6 Å². The number of ether oxygens (including phenoxy) is 2. The van der Waals surface area contributed by atoms with E-state index in [-0.39, 0.29) is 6.61 Å². The zero-order chi connectivity index (χ0) is 18.2. The summed E-state index contributed by atoms with van der Waals surface area (Å²) in [6.45, 7) is 7.91. The van der Waals surface area contributed by atoms with Gasteiger partial charge in [-0.3, -0.25) is 4.90 Å². The van der Waals surface area contributed by atoms with Crippen molar-refractivity contribution in [3.8, 4) is 11.5 Å². The molecule has 0 fully saturated rings. The predicted molar refractivity (Wildman–Crippen MR) is 101 cm³/mol. The third kappa shape index (κ3) is 6.07. The second-order valence-corrected chi connectivity index (χ2v) is 6.60. The molecule has 0 spiro atoms. The Morgan fingerprint density at radius 2 is 1.72 bits per heavy atom. The van der Waals surface area contributed by atoms with Crippen molar-refractivity contribution in [2.24, 2.45) is 0 Å². The largest absolute Gasteiger partial charge is 0.497 e. The maximum atomic E-state index is 10.4. The van der Waals surface area contributed by atoms with Gasteiger partial charge in [0.1, 0.15) is 24.2 Å². The summed E-state index contributed by atoms with van der Waals surface area (Å²) >= 11 is 0. The lowest BCUT2D eigenvalue weighted by molar-refractivity contribution is 0.0541. The molecule has 0 aliphatic rings. The molecule has 0 saturated carbocycles. The molecule has 0 aliphatic carbocycles. The van der Waals surface area contributed by atoms with Crippen molar-refractivity contribution in [1.82, 2.24) is 4.90 Å². The van der Waals surface area contributed by atoms with Gasteiger partial charge in [-0.15, -0.1) is 0 Å². The number of hydrogen-bond acceptors (Lipinski definition) is 4. The van der Waals surface area contributed by atoms with Crippen LogP contribution >= 0.6 is 0 Å². The minimum Gasteiger partial charge on any atom is -0.497 e. The average Bonchev–Trinajstić information content (AvgIpc) is 2.61. The monoisotopic (exact) mass is 343 g/mol. The Hall–Kier alpha value is -2.04. The minimum atomic E-state index is -0.541. The molecule has 2 rings (SSSR count). The van der Waals surface area contributed by atoms with Gasteiger partial charge in [-0.2, -0.15) is 0 Å². The molecule has 2 aromatic carbocycles. The summed E-state index contributed by atoms with van der Waals surface area (Å²) in [5.74, 6) is 1.68. The fourth-order valence-corrected chi connectivity index (χ4v) is 2.65. The van der Waals surface area contributed by atoms with Crippen molar-refractivity contribution in [1.29, 1.82) is 0 Å². The highest BCUT2D eigenvalue weighted by atomic mass is 16.5. The van der Waals surface area contributed by atoms with E-state index in [1.54, 1.807) is 7.11 Å². The summed E-state index contributed by atoms with van der Waals surface area (Å²) in [7, 11) is 1.67. The molecular weight excluding hydrogens is 314 g/mol. The van der Waals surface area contributed by atoms with Crippen LogP contribution in [0.4, 0.5) is 0 Å². The highest BCUT2D eigenvalue weighted by Crippen LogP contribution is 2.17. The second-order valence-electron chi connectivity index (χ2n) is 6.60. The predicted octanol–water partition coefficient (Wildman–Crippen LogP) is 3.65. The van der Waals surface area contributed by atoms with Gasteiger partial charge in [-0.05, 0) is 50.1 Å². The van der Waals surface area contributed by atoms with Crippen LogP contribution in [-0.4, -0.2) is 42.4 Å². The van der Waals surface area contributed by atoms with Gasteiger partial charge in [0.15, 0.2) is 0 Å². The third-order valence-electron chi connectivity index (χ3n) is 4.25. The Labute approximate surface area is 151 Å². The first-order valence-corrected chi connectivity index (χ1v) is 8.73. The molecular formula is C21H29NO3. The van der Waals surface area contributed by atoms with Gasteiger partial charge in [0.2, 0.25) is 0 Å². The zero-order valence-electron chi connectivity index (χ0n) is 15.6. The molecule has 25 heavy (non-hydrogen) atoms. The summed E-state index contributed by atoms with van der Waals surface area (Å²) in [6, 6.07) is 16.2. The van der Waals surface area contributed by atoms with Gasteiger partial charge in [0.25, 0.3) is 0 Å². The summed E-state index contributed by atoms with van der Waals surface area (Å²) in [5.41, 5.74) is 2.27. The Morgan fingerprint density at radius 3 is 2.32 bits per heavy atom. The lowest BCUT2D eigenvalue weighted by atomic mass is 10.1. The van der Waals surface area contributed by atoms with E-state index in [0.717, 1.165) is 23.6 Å². The van der Waals surface area contributed by atoms with Crippen LogP contribution in [0.1, 0.15) is 25.0 Å². The Morgan fingerprint density at radius 1 is 1.04 bits per heavy atom. The quantitative estimate of drug-likeness (QED) is 0.754. The Kier molecular flexibility index (Phi) is 7.29. The highest BCUT2D eigenvalue weighted by Gasteiger charge is 2.16. The first-order chi connectivity index (χ1) is 12.0. The van der Waals surface area contributed by atoms with Gasteiger partial charge in [0.05, 0.1) is 7.11 Å². The number of benzene rings is 2. The van der Waals surface area contributed by atoms with Crippen LogP contribution in [-0.2, 0) is 6.54 Å². The number of rotatable bonds is 9. The van der Waals surface area contributed by atoms with Crippen LogP contribution in [0, 0.1) is 6.92 Å². The highest BCUT2D eigenvalue weighted by molar-refractivity contribution is 5.31. The van der Waals surface area contributed by atoms with Crippen molar-refractivity contribution in [3.63, 3.8) is 0 Å². The summed E-state index contributed by atoms with van der Waals surface area (Å²) < 4.78 is 11.0. The molecule has 136 valence electrons. The van der Waals surface area contributed by atoms with Crippen LogP contribution in [0.3, 0.4) is 0 Å². The molecule has 4 heteroatoms. The van der Waals surface area contributed by atoms with Crippen molar-refractivity contribution >= 4 is 0 Å². The van der Waals surface area contributed by atoms with Crippen molar-refractivity contribution in [2.75, 3.05) is 20.3 Å². The number of nitrogens with zero attached hydrogens (tertiary/aromatic N) is 1. The number of methoxy groups -OCH3 is 1. The average molecular weight is 343 g/mol. The summed E-state index contributed by atoms with van der Waals surface area (Å²) in [6.07, 6.45) is -0.541. The maximum Gasteiger partial charge on any atom is 0.122 e. The third-order valence-corrected chi connectivity index (χ3v) is 4.25. The van der Waals surface area contributed by atoms with Crippen molar-refractivity contribution in [2.45, 2.75) is 39.5 Å². The SMILES string of the molecule is COc1ccc(CN(C[C@@H](O)COc2ccccc2C)C(C)C)cc1. The molecule has 1 N–H and O–H groups in total. The van der Waals surface area contributed by atoms with E-state index in [1.165, 1.54) is 5.56 Å². The number of para-hydroxylation sites is 1. The van der Waals surface area contributed by atoms with E-state index in [2.05, 4.69) is 30.9 Å². The van der Waals surface area contributed by atoms with Crippen LogP contribution in [0.25, 0.3) is 0 Å². The fraction of sp³-hybridized carbons (Fsp3) is 0.429. The minimum absolute atomic E-state index is 0.288. The van der Waals surface area contributed by atoms with Gasteiger partial charge >= 0.3 is 0 Å². The lowest BCUT2D eigenvalue weighted by Crippen LogP contribution is -2.39. The van der Waals surface area contributed by atoms with Gasteiger partial charge in [-0.1, -0.05) is 30.3 Å². The summed E-state index contributed by atoms with van der Waals surface area (Å²) in [4.78, 5) is 2.24. The van der Waals surface area contributed by atoms with Crippen LogP contribution in [0.2, 0.25) is 0 Å². The molecule has 0 radical (unpaired) electrons. The van der Waals surface area contributed by atoms with Crippen LogP contribution in [0.5, 0.6) is 11.5 Å². The van der Waals surface area contributed by atoms with Gasteiger partial charge in [-0.25, -0.2) is 0 Å². The summed E-state index contributed by atoms with van der Waals surface area (Å²) in [5, 5.41) is 10.4. The van der Waals surface area contributed by atoms with Gasteiger partial charge in [0, 0.05) is 19.1 Å². The standard InChI is InChI=1S/C21H29NO3/c1-16(2)22(13-18-9-11-20(24-4)12-10-18)14-19(23)15-25-21-8-6-5-7-17(21)3/h5-12,16,19,23H,13-15H2,1-4H3/t19-/m1/s1. The fourth-order valence-electron chi connectivity index (χ4n) is 2.65. The molecule has 1 atom stereocenters. The first kappa shape index (κ1) is 19.3. The van der Waals surface area contributed by atoms with Crippen LogP contribution < -0.4 is 9.47 Å². The Balaban J connectivity index is 1.90. The lowest BCUT2D eigenvalue weighted by Gasteiger charge is -2.29. The molecule has 0 aromatic heterocycles. The molecule has 4 nitrogen and oxygen atoms in total. The number of aliphatic hydroxyl groups is 1. The molecule has 0 saturated heterocycles. The van der Waals surface area contributed by atoms with Crippen LogP contribution in [0.15, 0.2) is 48.5 Å². The molecule has 0 bridgehead atoms. The maximum absolute atomic E-state index is 10.4. The van der Waals surface area contributed by atoms with E-state index in [9.17, 15) is 5.11 Å². The van der Waals surface area contributed by atoms with Crippen molar-refractivity contribution in [3.05, 3.63) is 59.7 Å². The number of hydrogen-bond donors (Lipinski definition) is 1. The smallest absolute Gasteiger partial charge is 0.122 e. The van der Waals surface area contributed by atoms with Crippen molar-refractivity contribution < 1.29 is 14.6 Å². The molecule has 0 unspecified atom stereocenters. The Bertz CT molecular complexity index is 640. The van der Waals surface area contributed by atoms with E-state index in [4.69, 9.17) is 9.47 Å². The normalized spacial score (nSPS) is 12.4. The second kappa shape index (κ2) is 9.44. The molecule has 0 amide bonds. The molecule has 2 aromatic rings. The molecule has 0 aliphatic heterocycles. The topological polar surface area (TPSA) is 41.9 Å². The van der Waals surface area contributed by atoms with Gasteiger partial charge < -0.3 is 14.6 Å². The van der Waals surface area contributed by atoms with E-state index >= 15 is 0 Å². The number of aliphatic hydroxyl groups excluding tert-OH is 1. The zero-order valence-corrected chi connectivity index (χ0v) is 15.6. The first-order valence-electron chi connectivity index (χ1n) is 8.73.